The van der Waals surface area contributed by atoms with E-state index in [0.29, 0.717) is 47.1 Å². The summed E-state index contributed by atoms with van der Waals surface area (Å²) in [5.74, 6) is 0.106. The molecule has 0 saturated heterocycles. The third-order valence-corrected chi connectivity index (χ3v) is 7.72. The number of carbonyl (C=O) groups excluding carboxylic acids is 2. The second kappa shape index (κ2) is 16.1. The predicted octanol–water partition coefficient (Wildman–Crippen LogP) is 5.39. The average molecular weight is 716 g/mol. The van der Waals surface area contributed by atoms with Crippen molar-refractivity contribution in [3.8, 4) is 5.75 Å². The largest absolute Gasteiger partial charge is 0.492 e. The molecule has 3 aromatic rings. The molecule has 1 unspecified atom stereocenters. The molecule has 0 aliphatic carbocycles. The highest BCUT2D eigenvalue weighted by Gasteiger charge is 2.31. The maximum atomic E-state index is 13.3. The van der Waals surface area contributed by atoms with Gasteiger partial charge < -0.3 is 34.7 Å². The van der Waals surface area contributed by atoms with E-state index in [2.05, 4.69) is 31.3 Å². The van der Waals surface area contributed by atoms with Crippen LogP contribution < -0.4 is 26.0 Å². The van der Waals surface area contributed by atoms with E-state index in [-0.39, 0.29) is 43.4 Å². The Kier molecular flexibility index (Phi) is 11.7. The molecule has 16 heteroatoms. The second-order valence-corrected chi connectivity index (χ2v) is 12.8. The molecular formula is C34H37ClF3N7O5. The van der Waals surface area contributed by atoms with Gasteiger partial charge in [-0.05, 0) is 65.9 Å². The lowest BCUT2D eigenvalue weighted by Crippen LogP contribution is -2.54. The minimum absolute atomic E-state index is 0.0728. The number of hydrogen-bond acceptors (Lipinski definition) is 10. The van der Waals surface area contributed by atoms with Crippen LogP contribution in [0.4, 0.5) is 18.9 Å². The molecule has 6 heterocycles. The van der Waals surface area contributed by atoms with Gasteiger partial charge in [-0.1, -0.05) is 31.5 Å². The molecule has 0 radical (unpaired) electrons. The lowest BCUT2D eigenvalue weighted by Gasteiger charge is -2.32. The maximum absolute atomic E-state index is 13.3. The van der Waals surface area contributed by atoms with Crippen molar-refractivity contribution >= 4 is 47.1 Å². The Balaban J connectivity index is 1.37. The molecule has 4 N–H and O–H groups in total. The molecule has 50 heavy (non-hydrogen) atoms. The molecule has 266 valence electrons. The van der Waals surface area contributed by atoms with Gasteiger partial charge >= 0.3 is 6.18 Å². The van der Waals surface area contributed by atoms with Gasteiger partial charge in [-0.3, -0.25) is 14.9 Å². The number of ether oxygens (including phenoxy) is 2. The summed E-state index contributed by atoms with van der Waals surface area (Å²) in [6, 6.07) is 13.4. The summed E-state index contributed by atoms with van der Waals surface area (Å²) in [6.45, 7) is 3.77. The first kappa shape index (κ1) is 36.3. The fourth-order valence-corrected chi connectivity index (χ4v) is 5.22. The number of halogens is 4. The molecule has 1 atom stereocenters. The summed E-state index contributed by atoms with van der Waals surface area (Å²) in [5.41, 5.74) is 1.83. The minimum Gasteiger partial charge on any atom is -0.492 e. The van der Waals surface area contributed by atoms with Gasteiger partial charge in [-0.2, -0.15) is 18.2 Å². The number of rotatable bonds is 4. The third-order valence-electron chi connectivity index (χ3n) is 7.42. The number of amides is 2. The first-order chi connectivity index (χ1) is 23.8. The maximum Gasteiger partial charge on any atom is 0.411 e. The predicted molar refractivity (Wildman–Crippen MR) is 183 cm³/mol. The summed E-state index contributed by atoms with van der Waals surface area (Å²) >= 11 is 6.52. The van der Waals surface area contributed by atoms with Crippen LogP contribution in [-0.2, 0) is 16.1 Å². The highest BCUT2D eigenvalue weighted by Crippen LogP contribution is 2.26. The van der Waals surface area contributed by atoms with E-state index in [1.807, 2.05) is 13.8 Å². The number of hydrogen-bond donors (Lipinski definition) is 4. The molecule has 0 saturated carbocycles. The zero-order chi connectivity index (χ0) is 35.7. The number of benzene rings is 2. The average Bonchev–Trinajstić information content (AvgIpc) is 3.60. The lowest BCUT2D eigenvalue weighted by atomic mass is 9.92. The highest BCUT2D eigenvalue weighted by atomic mass is 35.5. The summed E-state index contributed by atoms with van der Waals surface area (Å²) < 4.78 is 54.7. The SMILES string of the molecule is CC1(C)CNC(=O)c2ccc(cc2)NC2=NC(OCC(F)(F)F)NC(=NCc3ccc(c(Cl)c3)OCCCN(C(=O)C=Cc3ccoc3)C1)N2. The molecule has 0 spiro atoms. The van der Waals surface area contributed by atoms with Crippen LogP contribution in [0.2, 0.25) is 5.02 Å². The van der Waals surface area contributed by atoms with Crippen LogP contribution in [0, 0.1) is 5.41 Å². The van der Waals surface area contributed by atoms with Gasteiger partial charge in [-0.15, -0.1) is 0 Å². The molecule has 5 aliphatic rings. The van der Waals surface area contributed by atoms with Gasteiger partial charge in [0.25, 0.3) is 5.91 Å². The smallest absolute Gasteiger partial charge is 0.411 e. The van der Waals surface area contributed by atoms with Gasteiger partial charge in [0.2, 0.25) is 24.2 Å². The van der Waals surface area contributed by atoms with E-state index in [0.717, 1.165) is 5.56 Å². The van der Waals surface area contributed by atoms with E-state index in [1.54, 1.807) is 65.8 Å². The van der Waals surface area contributed by atoms with Crippen LogP contribution in [0.3, 0.4) is 0 Å². The van der Waals surface area contributed by atoms with Crippen molar-refractivity contribution in [1.82, 2.24) is 20.9 Å². The Morgan fingerprint density at radius 1 is 1.14 bits per heavy atom. The van der Waals surface area contributed by atoms with Crippen LogP contribution in [0.15, 0.2) is 81.5 Å². The van der Waals surface area contributed by atoms with Crippen LogP contribution in [0.25, 0.3) is 6.08 Å². The quantitative estimate of drug-likeness (QED) is 0.264. The minimum atomic E-state index is -4.56. The number of alkyl halides is 3. The van der Waals surface area contributed by atoms with E-state index >= 15 is 0 Å². The van der Waals surface area contributed by atoms with E-state index in [9.17, 15) is 22.8 Å². The van der Waals surface area contributed by atoms with Gasteiger partial charge in [0.15, 0.2) is 0 Å². The number of aliphatic imine (C=N–C) groups is 2. The summed E-state index contributed by atoms with van der Waals surface area (Å²) in [6.07, 6.45) is 0.790. The number of guanidine groups is 2. The highest BCUT2D eigenvalue weighted by molar-refractivity contribution is 6.32. The Morgan fingerprint density at radius 2 is 1.94 bits per heavy atom. The molecule has 0 fully saturated rings. The van der Waals surface area contributed by atoms with Crippen molar-refractivity contribution < 1.29 is 36.7 Å². The normalized spacial score (nSPS) is 18.9. The van der Waals surface area contributed by atoms with Crippen LogP contribution >= 0.6 is 11.6 Å². The van der Waals surface area contributed by atoms with Crippen molar-refractivity contribution in [2.75, 3.05) is 38.2 Å². The molecule has 12 nitrogen and oxygen atoms in total. The number of furan rings is 1. The summed E-state index contributed by atoms with van der Waals surface area (Å²) in [4.78, 5) is 36.7. The van der Waals surface area contributed by atoms with Crippen LogP contribution in [-0.4, -0.2) is 74.0 Å². The van der Waals surface area contributed by atoms with Gasteiger partial charge in [-0.25, -0.2) is 4.99 Å². The summed E-state index contributed by atoms with van der Waals surface area (Å²) in [5, 5.41) is 11.9. The fourth-order valence-electron chi connectivity index (χ4n) is 4.96. The molecule has 2 aromatic carbocycles. The Hall–Kier alpha value is -5.02. The summed E-state index contributed by atoms with van der Waals surface area (Å²) in [7, 11) is 0. The van der Waals surface area contributed by atoms with Crippen molar-refractivity contribution in [1.29, 1.82) is 0 Å². The molecule has 5 aliphatic heterocycles. The Labute approximate surface area is 291 Å². The van der Waals surface area contributed by atoms with Crippen molar-refractivity contribution in [2.45, 2.75) is 39.3 Å². The Bertz CT molecular complexity index is 1730. The molecule has 8 rings (SSSR count). The van der Waals surface area contributed by atoms with Crippen LogP contribution in [0.1, 0.15) is 41.8 Å². The van der Waals surface area contributed by atoms with Crippen molar-refractivity contribution in [3.63, 3.8) is 0 Å². The Morgan fingerprint density at radius 3 is 2.66 bits per heavy atom. The monoisotopic (exact) mass is 715 g/mol. The number of carbonyl (C=O) groups is 2. The lowest BCUT2D eigenvalue weighted by molar-refractivity contribution is -0.186. The first-order valence-corrected chi connectivity index (χ1v) is 16.1. The zero-order valence-corrected chi connectivity index (χ0v) is 28.1. The number of nitrogens with one attached hydrogen (secondary N) is 4. The van der Waals surface area contributed by atoms with Gasteiger partial charge in [0, 0.05) is 42.5 Å². The van der Waals surface area contributed by atoms with E-state index < -0.39 is 24.6 Å². The standard InChI is InChI=1S/C34H37ClF3N7O5/c1-33(2)19-40-29(47)24-6-8-25(9-7-24)41-31-42-30(43-32(44-31)50-21-34(36,37)38)39-17-23-4-10-27(26(35)16-23)49-14-3-13-45(20-33)28(46)11-5-22-12-15-48-18-22/h4-12,15-16,18,32H,3,13-14,17,19-21H2,1-2H3,(H,40,47)(H3,39,41,42,43,44). The third kappa shape index (κ3) is 11.0. The number of anilines is 1. The van der Waals surface area contributed by atoms with E-state index in [1.165, 1.54) is 12.3 Å². The number of nitrogens with zero attached hydrogens (tertiary/aromatic N) is 3. The molecule has 1 aromatic heterocycles. The molecule has 2 amide bonds. The molecular weight excluding hydrogens is 679 g/mol. The van der Waals surface area contributed by atoms with E-state index in [4.69, 9.17) is 25.5 Å². The van der Waals surface area contributed by atoms with Gasteiger partial charge in [0.05, 0.1) is 30.7 Å². The van der Waals surface area contributed by atoms with Crippen molar-refractivity contribution in [3.05, 3.63) is 88.8 Å². The van der Waals surface area contributed by atoms with Crippen molar-refractivity contribution in [2.24, 2.45) is 15.4 Å². The fraction of sp³-hybridized carbons (Fsp3) is 0.353. The first-order valence-electron chi connectivity index (χ1n) is 15.7. The van der Waals surface area contributed by atoms with Gasteiger partial charge in [0.1, 0.15) is 12.4 Å². The zero-order valence-electron chi connectivity index (χ0n) is 27.4. The second-order valence-electron chi connectivity index (χ2n) is 12.4. The van der Waals surface area contributed by atoms with Crippen LogP contribution in [0.5, 0.6) is 5.75 Å². The molecule has 6 bridgehead atoms. The topological polar surface area (TPSA) is 142 Å².